The number of phenols is 1. The van der Waals surface area contributed by atoms with Crippen molar-refractivity contribution in [1.29, 1.82) is 0 Å². The van der Waals surface area contributed by atoms with Crippen LogP contribution in [0.3, 0.4) is 0 Å². The number of ether oxygens (including phenoxy) is 2. The molecule has 8 nitrogen and oxygen atoms in total. The standard InChI is InChI=1S/C27H33N3O5/c1-3-35-23-16-20(9-10-22(23)31)25-24(26(32)34-2)21(28-27(33)29-25)17-30-13-11-19(12-14-30)15-18-7-5-4-6-8-18/h4-10,16,19,25,31H,3,11-15,17H2,1-2H3,(H2,28,29,33)/t25-/m0/s1. The molecule has 4 rings (SSSR count). The lowest BCUT2D eigenvalue weighted by Crippen LogP contribution is -2.49. The van der Waals surface area contributed by atoms with Crippen LogP contribution in [-0.4, -0.2) is 55.4 Å². The van der Waals surface area contributed by atoms with E-state index in [0.717, 1.165) is 32.4 Å². The molecule has 1 atom stereocenters. The topological polar surface area (TPSA) is 100 Å². The first-order chi connectivity index (χ1) is 17.0. The molecule has 0 aliphatic carbocycles. The summed E-state index contributed by atoms with van der Waals surface area (Å²) in [5.41, 5.74) is 2.88. The number of piperidine rings is 1. The molecule has 8 heteroatoms. The Bertz CT molecular complexity index is 1080. The molecular formula is C27H33N3O5. The van der Waals surface area contributed by atoms with Gasteiger partial charge in [-0.05, 0) is 68.5 Å². The molecule has 35 heavy (non-hydrogen) atoms. The molecule has 0 aromatic heterocycles. The number of benzene rings is 2. The first-order valence-electron chi connectivity index (χ1n) is 12.1. The number of methoxy groups -OCH3 is 1. The third-order valence-corrected chi connectivity index (χ3v) is 6.63. The molecule has 0 bridgehead atoms. The number of carbonyl (C=O) groups is 2. The van der Waals surface area contributed by atoms with E-state index in [2.05, 4.69) is 39.8 Å². The van der Waals surface area contributed by atoms with Crippen molar-refractivity contribution >= 4 is 12.0 Å². The Hall–Kier alpha value is -3.52. The molecule has 0 spiro atoms. The van der Waals surface area contributed by atoms with Gasteiger partial charge in [-0.1, -0.05) is 36.4 Å². The second-order valence-corrected chi connectivity index (χ2v) is 8.98. The predicted octanol–water partition coefficient (Wildman–Crippen LogP) is 3.53. The van der Waals surface area contributed by atoms with Crippen LogP contribution in [0.2, 0.25) is 0 Å². The molecule has 0 radical (unpaired) electrons. The molecule has 2 aliphatic rings. The van der Waals surface area contributed by atoms with Crippen LogP contribution >= 0.6 is 0 Å². The summed E-state index contributed by atoms with van der Waals surface area (Å²) in [6.07, 6.45) is 3.18. The van der Waals surface area contributed by atoms with E-state index in [0.29, 0.717) is 41.7 Å². The quantitative estimate of drug-likeness (QED) is 0.501. The van der Waals surface area contributed by atoms with Gasteiger partial charge in [0.25, 0.3) is 0 Å². The summed E-state index contributed by atoms with van der Waals surface area (Å²) in [5, 5.41) is 15.7. The molecule has 2 aliphatic heterocycles. The van der Waals surface area contributed by atoms with Crippen LogP contribution in [0.15, 0.2) is 59.8 Å². The van der Waals surface area contributed by atoms with Crippen LogP contribution in [0.5, 0.6) is 11.5 Å². The lowest BCUT2D eigenvalue weighted by Gasteiger charge is -2.35. The van der Waals surface area contributed by atoms with Crippen molar-refractivity contribution in [3.63, 3.8) is 0 Å². The Labute approximate surface area is 205 Å². The second-order valence-electron chi connectivity index (χ2n) is 8.98. The van der Waals surface area contributed by atoms with Gasteiger partial charge in [0, 0.05) is 12.2 Å². The Morgan fingerprint density at radius 3 is 2.57 bits per heavy atom. The molecule has 2 amide bonds. The van der Waals surface area contributed by atoms with Crippen LogP contribution in [-0.2, 0) is 16.0 Å². The maximum atomic E-state index is 12.9. The number of phenolic OH excluding ortho intramolecular Hbond substituents is 1. The monoisotopic (exact) mass is 479 g/mol. The van der Waals surface area contributed by atoms with E-state index in [-0.39, 0.29) is 11.8 Å². The van der Waals surface area contributed by atoms with E-state index in [1.165, 1.54) is 18.7 Å². The maximum Gasteiger partial charge on any atom is 0.338 e. The number of hydrogen-bond acceptors (Lipinski definition) is 6. The number of amides is 2. The van der Waals surface area contributed by atoms with Crippen LogP contribution in [0.1, 0.15) is 36.9 Å². The summed E-state index contributed by atoms with van der Waals surface area (Å²) in [5.74, 6) is 0.400. The third kappa shape index (κ3) is 5.95. The zero-order valence-corrected chi connectivity index (χ0v) is 20.3. The number of urea groups is 1. The highest BCUT2D eigenvalue weighted by Gasteiger charge is 2.35. The van der Waals surface area contributed by atoms with Crippen LogP contribution in [0, 0.1) is 5.92 Å². The van der Waals surface area contributed by atoms with Gasteiger partial charge in [-0.25, -0.2) is 9.59 Å². The number of likely N-dealkylation sites (tertiary alicyclic amines) is 1. The van der Waals surface area contributed by atoms with E-state index >= 15 is 0 Å². The first kappa shape index (κ1) is 24.6. The van der Waals surface area contributed by atoms with Crippen molar-refractivity contribution in [1.82, 2.24) is 15.5 Å². The van der Waals surface area contributed by atoms with E-state index in [1.54, 1.807) is 12.1 Å². The fourth-order valence-corrected chi connectivity index (χ4v) is 4.84. The number of aromatic hydroxyl groups is 1. The molecule has 0 saturated carbocycles. The summed E-state index contributed by atoms with van der Waals surface area (Å²) in [6.45, 7) is 4.41. The number of hydrogen-bond donors (Lipinski definition) is 3. The van der Waals surface area contributed by atoms with Gasteiger partial charge < -0.3 is 25.2 Å². The Morgan fingerprint density at radius 1 is 1.14 bits per heavy atom. The second kappa shape index (κ2) is 11.3. The highest BCUT2D eigenvalue weighted by atomic mass is 16.5. The normalized spacial score (nSPS) is 19.1. The van der Waals surface area contributed by atoms with Crippen LogP contribution < -0.4 is 15.4 Å². The van der Waals surface area contributed by atoms with Gasteiger partial charge in [-0.15, -0.1) is 0 Å². The molecule has 1 fully saturated rings. The average Bonchev–Trinajstić information content (AvgIpc) is 2.86. The Kier molecular flexibility index (Phi) is 7.92. The Balaban J connectivity index is 1.53. The average molecular weight is 480 g/mol. The minimum Gasteiger partial charge on any atom is -0.504 e. The zero-order chi connectivity index (χ0) is 24.8. The summed E-state index contributed by atoms with van der Waals surface area (Å²) >= 11 is 0. The van der Waals surface area contributed by atoms with Crippen molar-refractivity contribution in [2.45, 2.75) is 32.2 Å². The van der Waals surface area contributed by atoms with Crippen molar-refractivity contribution in [2.24, 2.45) is 5.92 Å². The molecule has 2 aromatic carbocycles. The molecule has 1 saturated heterocycles. The van der Waals surface area contributed by atoms with Gasteiger partial charge in [0.15, 0.2) is 11.5 Å². The fourth-order valence-electron chi connectivity index (χ4n) is 4.84. The third-order valence-electron chi connectivity index (χ3n) is 6.63. The lowest BCUT2D eigenvalue weighted by atomic mass is 9.89. The maximum absolute atomic E-state index is 12.9. The molecule has 3 N–H and O–H groups in total. The van der Waals surface area contributed by atoms with Crippen LogP contribution in [0.25, 0.3) is 0 Å². The number of rotatable bonds is 8. The Morgan fingerprint density at radius 2 is 1.89 bits per heavy atom. The SMILES string of the molecule is CCOc1cc([C@@H]2NC(=O)NC(CN3CCC(Cc4ccccc4)CC3)=C2C(=O)OC)ccc1O. The molecular weight excluding hydrogens is 446 g/mol. The van der Waals surface area contributed by atoms with Crippen molar-refractivity contribution in [3.8, 4) is 11.5 Å². The van der Waals surface area contributed by atoms with Crippen molar-refractivity contribution < 1.29 is 24.2 Å². The van der Waals surface area contributed by atoms with E-state index in [4.69, 9.17) is 9.47 Å². The largest absolute Gasteiger partial charge is 0.504 e. The van der Waals surface area contributed by atoms with E-state index in [9.17, 15) is 14.7 Å². The van der Waals surface area contributed by atoms with Crippen molar-refractivity contribution in [2.75, 3.05) is 33.4 Å². The summed E-state index contributed by atoms with van der Waals surface area (Å²) < 4.78 is 10.6. The summed E-state index contributed by atoms with van der Waals surface area (Å²) in [7, 11) is 1.33. The first-order valence-corrected chi connectivity index (χ1v) is 12.1. The van der Waals surface area contributed by atoms with Gasteiger partial charge >= 0.3 is 12.0 Å². The number of nitrogens with zero attached hydrogens (tertiary/aromatic N) is 1. The fraction of sp³-hybridized carbons (Fsp3) is 0.407. The summed E-state index contributed by atoms with van der Waals surface area (Å²) in [6, 6.07) is 14.2. The minimum absolute atomic E-state index is 0.00180. The van der Waals surface area contributed by atoms with E-state index < -0.39 is 12.0 Å². The molecule has 186 valence electrons. The van der Waals surface area contributed by atoms with Gasteiger partial charge in [-0.2, -0.15) is 0 Å². The lowest BCUT2D eigenvalue weighted by molar-refractivity contribution is -0.136. The number of carbonyl (C=O) groups excluding carboxylic acids is 2. The highest BCUT2D eigenvalue weighted by Crippen LogP contribution is 2.34. The van der Waals surface area contributed by atoms with Gasteiger partial charge in [-0.3, -0.25) is 4.90 Å². The molecule has 2 aromatic rings. The minimum atomic E-state index is -0.721. The molecule has 0 unspecified atom stereocenters. The highest BCUT2D eigenvalue weighted by molar-refractivity contribution is 5.95. The molecule has 2 heterocycles. The van der Waals surface area contributed by atoms with Gasteiger partial charge in [0.2, 0.25) is 0 Å². The van der Waals surface area contributed by atoms with E-state index in [1.807, 2.05) is 13.0 Å². The van der Waals surface area contributed by atoms with Crippen molar-refractivity contribution in [3.05, 3.63) is 70.9 Å². The van der Waals surface area contributed by atoms with Gasteiger partial charge in [0.05, 0.1) is 25.3 Å². The number of esters is 1. The zero-order valence-electron chi connectivity index (χ0n) is 20.3. The number of nitrogens with one attached hydrogen (secondary N) is 2. The smallest absolute Gasteiger partial charge is 0.338 e. The predicted molar refractivity (Wildman–Crippen MR) is 132 cm³/mol. The van der Waals surface area contributed by atoms with Crippen LogP contribution in [0.4, 0.5) is 4.79 Å². The van der Waals surface area contributed by atoms with Gasteiger partial charge in [0.1, 0.15) is 0 Å². The summed E-state index contributed by atoms with van der Waals surface area (Å²) in [4.78, 5) is 27.7.